The van der Waals surface area contributed by atoms with E-state index in [0.29, 0.717) is 5.82 Å². The summed E-state index contributed by atoms with van der Waals surface area (Å²) in [5, 5.41) is 1.05. The standard InChI is InChI=1S/C12H9Br3N2O/c1-17(11(18)12(13,14)15)10-7-6-8-4-2-3-5-9(8)16-10/h2-7H,1H3. The van der Waals surface area contributed by atoms with Gasteiger partial charge < -0.3 is 0 Å². The molecule has 18 heavy (non-hydrogen) atoms. The van der Waals surface area contributed by atoms with Crippen molar-refractivity contribution in [3.8, 4) is 0 Å². The lowest BCUT2D eigenvalue weighted by Crippen LogP contribution is -2.36. The number of amides is 1. The molecule has 0 spiro atoms. The van der Waals surface area contributed by atoms with Crippen LogP contribution < -0.4 is 4.90 Å². The summed E-state index contributed by atoms with van der Waals surface area (Å²) in [6, 6.07) is 11.5. The van der Waals surface area contributed by atoms with Gasteiger partial charge >= 0.3 is 0 Å². The van der Waals surface area contributed by atoms with Crippen LogP contribution in [0.1, 0.15) is 0 Å². The Bertz CT molecular complexity index is 595. The predicted octanol–water partition coefficient (Wildman–Crippen LogP) is 4.04. The topological polar surface area (TPSA) is 33.2 Å². The third-order valence-electron chi connectivity index (χ3n) is 2.47. The number of carbonyl (C=O) groups is 1. The van der Waals surface area contributed by atoms with Gasteiger partial charge in [-0.05, 0) is 66.0 Å². The quantitative estimate of drug-likeness (QED) is 0.632. The molecule has 1 aromatic carbocycles. The molecular formula is C12H9Br3N2O. The Morgan fingerprint density at radius 3 is 2.50 bits per heavy atom. The highest BCUT2D eigenvalue weighted by atomic mass is 80.0. The van der Waals surface area contributed by atoms with E-state index in [4.69, 9.17) is 0 Å². The fourth-order valence-corrected chi connectivity index (χ4v) is 2.33. The minimum atomic E-state index is -0.963. The number of benzene rings is 1. The maximum atomic E-state index is 12.0. The number of hydrogen-bond acceptors (Lipinski definition) is 2. The van der Waals surface area contributed by atoms with E-state index in [1.807, 2.05) is 36.4 Å². The Hall–Kier alpha value is -0.460. The first-order chi connectivity index (χ1) is 8.39. The predicted molar refractivity (Wildman–Crippen MR) is 84.7 cm³/mol. The van der Waals surface area contributed by atoms with Gasteiger partial charge in [0.15, 0.2) is 0 Å². The lowest BCUT2D eigenvalue weighted by atomic mass is 10.2. The van der Waals surface area contributed by atoms with Crippen LogP contribution in [0.5, 0.6) is 0 Å². The summed E-state index contributed by atoms with van der Waals surface area (Å²) >= 11 is 9.62. The minimum Gasteiger partial charge on any atom is -0.297 e. The van der Waals surface area contributed by atoms with E-state index < -0.39 is 2.14 Å². The van der Waals surface area contributed by atoms with Gasteiger partial charge in [0.05, 0.1) is 5.52 Å². The van der Waals surface area contributed by atoms with Crippen LogP contribution in [0.3, 0.4) is 0 Å². The van der Waals surface area contributed by atoms with E-state index in [0.717, 1.165) is 10.9 Å². The van der Waals surface area contributed by atoms with Gasteiger partial charge in [0, 0.05) is 12.4 Å². The molecular weight excluding hydrogens is 428 g/mol. The molecule has 6 heteroatoms. The van der Waals surface area contributed by atoms with Gasteiger partial charge in [-0.25, -0.2) is 4.98 Å². The molecule has 1 aromatic heterocycles. The molecule has 2 rings (SSSR count). The number of halogens is 3. The second-order valence-corrected chi connectivity index (χ2v) is 10.5. The third-order valence-corrected chi connectivity index (χ3v) is 3.49. The number of pyridine rings is 1. The van der Waals surface area contributed by atoms with Gasteiger partial charge in [-0.15, -0.1) is 0 Å². The average molecular weight is 437 g/mol. The first kappa shape index (κ1) is 14.0. The Morgan fingerprint density at radius 1 is 1.17 bits per heavy atom. The van der Waals surface area contributed by atoms with Crippen LogP contribution in [0.4, 0.5) is 5.82 Å². The Balaban J connectivity index is 2.39. The van der Waals surface area contributed by atoms with Crippen LogP contribution in [0.2, 0.25) is 0 Å². The number of alkyl halides is 3. The Labute approximate surface area is 130 Å². The van der Waals surface area contributed by atoms with Crippen molar-refractivity contribution in [2.45, 2.75) is 2.14 Å². The highest BCUT2D eigenvalue weighted by Gasteiger charge is 2.32. The summed E-state index contributed by atoms with van der Waals surface area (Å²) in [7, 11) is 1.68. The van der Waals surface area contributed by atoms with Gasteiger partial charge in [0.1, 0.15) is 5.82 Å². The van der Waals surface area contributed by atoms with Gasteiger partial charge in [0.25, 0.3) is 5.91 Å². The molecule has 0 unspecified atom stereocenters. The second kappa shape index (κ2) is 5.27. The molecule has 0 bridgehead atoms. The lowest BCUT2D eigenvalue weighted by Gasteiger charge is -2.21. The SMILES string of the molecule is CN(C(=O)C(Br)(Br)Br)c1ccc2ccccc2n1. The van der Waals surface area contributed by atoms with Crippen LogP contribution in [-0.2, 0) is 4.79 Å². The normalized spacial score (nSPS) is 11.6. The van der Waals surface area contributed by atoms with Crippen molar-refractivity contribution < 1.29 is 4.79 Å². The molecule has 0 saturated heterocycles. The number of rotatable bonds is 1. The molecule has 1 amide bonds. The summed E-state index contributed by atoms with van der Waals surface area (Å²) in [6.07, 6.45) is 0. The molecule has 0 saturated carbocycles. The average Bonchev–Trinajstić information content (AvgIpc) is 2.35. The summed E-state index contributed by atoms with van der Waals surface area (Å²) in [6.45, 7) is 0. The summed E-state index contributed by atoms with van der Waals surface area (Å²) in [5.41, 5.74) is 0.860. The summed E-state index contributed by atoms with van der Waals surface area (Å²) < 4.78 is -0.963. The molecule has 2 aromatic rings. The number of carbonyl (C=O) groups excluding carboxylic acids is 1. The van der Waals surface area contributed by atoms with Crippen LogP contribution in [0, 0.1) is 0 Å². The van der Waals surface area contributed by atoms with Gasteiger partial charge in [0.2, 0.25) is 2.14 Å². The molecule has 0 atom stereocenters. The first-order valence-corrected chi connectivity index (χ1v) is 7.48. The van der Waals surface area contributed by atoms with Crippen molar-refractivity contribution in [3.05, 3.63) is 36.4 Å². The van der Waals surface area contributed by atoms with E-state index in [1.165, 1.54) is 4.90 Å². The smallest absolute Gasteiger partial charge is 0.266 e. The molecule has 3 nitrogen and oxygen atoms in total. The van der Waals surface area contributed by atoms with E-state index in [1.54, 1.807) is 7.05 Å². The first-order valence-electron chi connectivity index (χ1n) is 5.10. The summed E-state index contributed by atoms with van der Waals surface area (Å²) in [5.74, 6) is 0.409. The fraction of sp³-hybridized carbons (Fsp3) is 0.167. The molecule has 0 N–H and O–H groups in total. The largest absolute Gasteiger partial charge is 0.297 e. The minimum absolute atomic E-state index is 0.190. The van der Waals surface area contributed by atoms with Crippen LogP contribution in [-0.4, -0.2) is 20.1 Å². The molecule has 1 heterocycles. The van der Waals surface area contributed by atoms with Crippen LogP contribution >= 0.6 is 47.8 Å². The molecule has 94 valence electrons. The van der Waals surface area contributed by atoms with Crippen LogP contribution in [0.25, 0.3) is 10.9 Å². The van der Waals surface area contributed by atoms with E-state index >= 15 is 0 Å². The Kier molecular flexibility index (Phi) is 4.08. The van der Waals surface area contributed by atoms with E-state index in [9.17, 15) is 4.79 Å². The maximum Gasteiger partial charge on any atom is 0.266 e. The molecule has 0 radical (unpaired) electrons. The zero-order valence-corrected chi connectivity index (χ0v) is 14.2. The van der Waals surface area contributed by atoms with Crippen molar-refractivity contribution in [1.29, 1.82) is 0 Å². The number of para-hydroxylation sites is 1. The van der Waals surface area contributed by atoms with Gasteiger partial charge in [-0.2, -0.15) is 0 Å². The number of fused-ring (bicyclic) bond motifs is 1. The number of nitrogens with zero attached hydrogens (tertiary/aromatic N) is 2. The number of aromatic nitrogens is 1. The van der Waals surface area contributed by atoms with Gasteiger partial charge in [-0.1, -0.05) is 18.2 Å². The monoisotopic (exact) mass is 434 g/mol. The van der Waals surface area contributed by atoms with E-state index in [-0.39, 0.29) is 5.91 Å². The van der Waals surface area contributed by atoms with Gasteiger partial charge in [-0.3, -0.25) is 9.69 Å². The second-order valence-electron chi connectivity index (χ2n) is 3.72. The molecule has 0 aliphatic rings. The summed E-state index contributed by atoms with van der Waals surface area (Å²) in [4.78, 5) is 18.0. The maximum absolute atomic E-state index is 12.0. The van der Waals surface area contributed by atoms with Crippen molar-refractivity contribution in [2.75, 3.05) is 11.9 Å². The van der Waals surface area contributed by atoms with Crippen molar-refractivity contribution in [2.24, 2.45) is 0 Å². The lowest BCUT2D eigenvalue weighted by molar-refractivity contribution is -0.116. The van der Waals surface area contributed by atoms with Crippen molar-refractivity contribution in [1.82, 2.24) is 4.98 Å². The highest BCUT2D eigenvalue weighted by molar-refractivity contribution is 9.40. The molecule has 0 fully saturated rings. The zero-order valence-electron chi connectivity index (χ0n) is 9.40. The van der Waals surface area contributed by atoms with Crippen molar-refractivity contribution >= 4 is 70.4 Å². The number of anilines is 1. The Morgan fingerprint density at radius 2 is 1.83 bits per heavy atom. The van der Waals surface area contributed by atoms with Crippen LogP contribution in [0.15, 0.2) is 36.4 Å². The number of hydrogen-bond donors (Lipinski definition) is 0. The zero-order chi connectivity index (χ0) is 13.3. The third kappa shape index (κ3) is 2.92. The van der Waals surface area contributed by atoms with Crippen molar-refractivity contribution in [3.63, 3.8) is 0 Å². The molecule has 0 aliphatic heterocycles. The van der Waals surface area contributed by atoms with E-state index in [2.05, 4.69) is 52.8 Å². The highest BCUT2D eigenvalue weighted by Crippen LogP contribution is 2.36. The molecule has 0 aliphatic carbocycles. The fourth-order valence-electron chi connectivity index (χ4n) is 1.54.